The van der Waals surface area contributed by atoms with Gasteiger partial charge in [0.1, 0.15) is 6.54 Å². The molecule has 0 atom stereocenters. The van der Waals surface area contributed by atoms with E-state index in [1.165, 1.54) is 0 Å². The quantitative estimate of drug-likeness (QED) is 0.740. The predicted molar refractivity (Wildman–Crippen MR) is 94.4 cm³/mol. The fraction of sp³-hybridized carbons (Fsp3) is 0.474. The van der Waals surface area contributed by atoms with Crippen LogP contribution in [0.2, 0.25) is 0 Å². The van der Waals surface area contributed by atoms with Gasteiger partial charge in [-0.15, -0.1) is 0 Å². The third-order valence-corrected chi connectivity index (χ3v) is 4.73. The summed E-state index contributed by atoms with van der Waals surface area (Å²) >= 11 is 0. The van der Waals surface area contributed by atoms with Crippen molar-refractivity contribution in [2.24, 2.45) is 5.41 Å². The normalized spacial score (nSPS) is 17.6. The molecule has 2 aliphatic rings. The van der Waals surface area contributed by atoms with Crippen LogP contribution in [0, 0.1) is 5.41 Å². The van der Waals surface area contributed by atoms with Crippen LogP contribution in [0.5, 0.6) is 0 Å². The molecule has 1 saturated heterocycles. The van der Waals surface area contributed by atoms with Crippen molar-refractivity contribution in [3.63, 3.8) is 0 Å². The molecule has 1 fully saturated rings. The van der Waals surface area contributed by atoms with Crippen molar-refractivity contribution in [1.29, 1.82) is 0 Å². The molecule has 2 aliphatic heterocycles. The predicted octanol–water partition coefficient (Wildman–Crippen LogP) is 0.999. The molecule has 2 heterocycles. The summed E-state index contributed by atoms with van der Waals surface area (Å²) in [5, 5.41) is 0. The van der Waals surface area contributed by atoms with E-state index in [4.69, 9.17) is 0 Å². The van der Waals surface area contributed by atoms with Gasteiger partial charge in [-0.05, 0) is 12.1 Å². The smallest absolute Gasteiger partial charge is 0.262 e. The Kier molecular flexibility index (Phi) is 4.56. The second-order valence-electron chi connectivity index (χ2n) is 7.67. The summed E-state index contributed by atoms with van der Waals surface area (Å²) in [6, 6.07) is 6.58. The Morgan fingerprint density at radius 3 is 1.81 bits per heavy atom. The summed E-state index contributed by atoms with van der Waals surface area (Å²) in [4.78, 5) is 53.9. The maximum absolute atomic E-state index is 12.5. The highest BCUT2D eigenvalue weighted by Gasteiger charge is 2.38. The van der Waals surface area contributed by atoms with E-state index in [9.17, 15) is 19.2 Å². The van der Waals surface area contributed by atoms with E-state index in [1.807, 2.05) is 20.8 Å². The maximum Gasteiger partial charge on any atom is 0.262 e. The molecule has 1 aromatic rings. The van der Waals surface area contributed by atoms with Crippen LogP contribution in [0.4, 0.5) is 0 Å². The molecule has 0 N–H and O–H groups in total. The van der Waals surface area contributed by atoms with E-state index in [1.54, 1.807) is 34.1 Å². The van der Waals surface area contributed by atoms with Crippen molar-refractivity contribution in [3.05, 3.63) is 35.4 Å². The molecular weight excluding hydrogens is 334 g/mol. The fourth-order valence-corrected chi connectivity index (χ4v) is 3.25. The van der Waals surface area contributed by atoms with E-state index in [2.05, 4.69) is 0 Å². The molecule has 0 spiro atoms. The van der Waals surface area contributed by atoms with Crippen LogP contribution < -0.4 is 0 Å². The Hall–Kier alpha value is -2.70. The second-order valence-corrected chi connectivity index (χ2v) is 7.67. The van der Waals surface area contributed by atoms with Crippen LogP contribution in [0.1, 0.15) is 41.5 Å². The molecular formula is C19H23N3O4. The van der Waals surface area contributed by atoms with Crippen molar-refractivity contribution in [3.8, 4) is 0 Å². The van der Waals surface area contributed by atoms with E-state index >= 15 is 0 Å². The second kappa shape index (κ2) is 6.55. The lowest BCUT2D eigenvalue weighted by Crippen LogP contribution is -2.54. The van der Waals surface area contributed by atoms with Crippen molar-refractivity contribution in [1.82, 2.24) is 14.7 Å². The zero-order chi connectivity index (χ0) is 19.1. The molecule has 0 radical (unpaired) electrons. The first-order valence-corrected chi connectivity index (χ1v) is 8.72. The van der Waals surface area contributed by atoms with Gasteiger partial charge >= 0.3 is 0 Å². The lowest BCUT2D eigenvalue weighted by molar-refractivity contribution is -0.144. The molecule has 0 bridgehead atoms. The van der Waals surface area contributed by atoms with Gasteiger partial charge in [-0.25, -0.2) is 0 Å². The van der Waals surface area contributed by atoms with E-state index in [0.29, 0.717) is 37.3 Å². The first-order chi connectivity index (χ1) is 12.2. The number of carbonyl (C=O) groups is 4. The average molecular weight is 357 g/mol. The van der Waals surface area contributed by atoms with E-state index in [-0.39, 0.29) is 18.4 Å². The minimum absolute atomic E-state index is 0.0601. The molecule has 0 aromatic heterocycles. The highest BCUT2D eigenvalue weighted by atomic mass is 16.2. The first-order valence-electron chi connectivity index (χ1n) is 8.72. The summed E-state index contributed by atoms with van der Waals surface area (Å²) in [6.45, 7) is 7.08. The summed E-state index contributed by atoms with van der Waals surface area (Å²) in [6.07, 6.45) is 0. The van der Waals surface area contributed by atoms with Gasteiger partial charge in [-0.3, -0.25) is 24.1 Å². The Morgan fingerprint density at radius 2 is 1.35 bits per heavy atom. The summed E-state index contributed by atoms with van der Waals surface area (Å²) in [5.74, 6) is -1.08. The Morgan fingerprint density at radius 1 is 0.885 bits per heavy atom. The van der Waals surface area contributed by atoms with Gasteiger partial charge in [0.25, 0.3) is 11.8 Å². The molecule has 0 unspecified atom stereocenters. The van der Waals surface area contributed by atoms with Crippen LogP contribution in [0.25, 0.3) is 0 Å². The largest absolute Gasteiger partial charge is 0.339 e. The lowest BCUT2D eigenvalue weighted by Gasteiger charge is -2.38. The number of hydrogen-bond donors (Lipinski definition) is 0. The molecule has 26 heavy (non-hydrogen) atoms. The van der Waals surface area contributed by atoms with Gasteiger partial charge in [0.2, 0.25) is 11.8 Å². The summed E-state index contributed by atoms with van der Waals surface area (Å²) < 4.78 is 0. The number of imide groups is 1. The van der Waals surface area contributed by atoms with Gasteiger partial charge in [0, 0.05) is 31.6 Å². The van der Waals surface area contributed by atoms with Crippen molar-refractivity contribution in [2.45, 2.75) is 20.8 Å². The minimum atomic E-state index is -0.452. The molecule has 3 rings (SSSR count). The Balaban J connectivity index is 1.60. The van der Waals surface area contributed by atoms with Crippen LogP contribution in [-0.4, -0.2) is 71.1 Å². The number of fused-ring (bicyclic) bond motifs is 1. The lowest BCUT2D eigenvalue weighted by atomic mass is 9.94. The Labute approximate surface area is 152 Å². The van der Waals surface area contributed by atoms with Gasteiger partial charge in [0.05, 0.1) is 11.1 Å². The molecule has 1 aromatic carbocycles. The number of amides is 4. The highest BCUT2D eigenvalue weighted by Crippen LogP contribution is 2.23. The monoisotopic (exact) mass is 357 g/mol. The maximum atomic E-state index is 12.5. The van der Waals surface area contributed by atoms with Gasteiger partial charge in [0.15, 0.2) is 0 Å². The van der Waals surface area contributed by atoms with Gasteiger partial charge < -0.3 is 9.80 Å². The van der Waals surface area contributed by atoms with Gasteiger partial charge in [-0.1, -0.05) is 32.9 Å². The molecule has 138 valence electrons. The fourth-order valence-electron chi connectivity index (χ4n) is 3.25. The molecule has 0 aliphatic carbocycles. The number of hydrogen-bond acceptors (Lipinski definition) is 4. The topological polar surface area (TPSA) is 78.0 Å². The Bertz CT molecular complexity index is 738. The molecule has 7 heteroatoms. The van der Waals surface area contributed by atoms with Gasteiger partial charge in [-0.2, -0.15) is 0 Å². The van der Waals surface area contributed by atoms with E-state index in [0.717, 1.165) is 4.90 Å². The van der Waals surface area contributed by atoms with Crippen molar-refractivity contribution < 1.29 is 19.2 Å². The molecule has 4 amide bonds. The van der Waals surface area contributed by atoms with Crippen LogP contribution in [0.3, 0.4) is 0 Å². The molecule has 0 saturated carbocycles. The van der Waals surface area contributed by atoms with Crippen LogP contribution in [-0.2, 0) is 9.59 Å². The summed E-state index contributed by atoms with van der Waals surface area (Å²) in [5.41, 5.74) is 0.226. The standard InChI is InChI=1S/C19H23N3O4/c1-19(2,3)18(26)21-10-8-20(9-11-21)15(23)12-22-16(24)13-6-4-5-7-14(13)17(22)25/h4-7H,8-12H2,1-3H3. The number of benzene rings is 1. The van der Waals surface area contributed by atoms with Crippen LogP contribution >= 0.6 is 0 Å². The first kappa shape index (κ1) is 18.1. The third-order valence-electron chi connectivity index (χ3n) is 4.73. The number of nitrogens with zero attached hydrogens (tertiary/aromatic N) is 3. The van der Waals surface area contributed by atoms with E-state index < -0.39 is 17.2 Å². The SMILES string of the molecule is CC(C)(C)C(=O)N1CCN(C(=O)CN2C(=O)c3ccccc3C2=O)CC1. The van der Waals surface area contributed by atoms with Crippen molar-refractivity contribution >= 4 is 23.6 Å². The minimum Gasteiger partial charge on any atom is -0.339 e. The average Bonchev–Trinajstić information content (AvgIpc) is 2.86. The summed E-state index contributed by atoms with van der Waals surface area (Å²) in [7, 11) is 0. The number of carbonyl (C=O) groups excluding carboxylic acids is 4. The third kappa shape index (κ3) is 3.21. The van der Waals surface area contributed by atoms with Crippen molar-refractivity contribution in [2.75, 3.05) is 32.7 Å². The zero-order valence-corrected chi connectivity index (χ0v) is 15.3. The zero-order valence-electron chi connectivity index (χ0n) is 15.3. The van der Waals surface area contributed by atoms with Crippen LogP contribution in [0.15, 0.2) is 24.3 Å². The number of piperazine rings is 1. The highest BCUT2D eigenvalue weighted by molar-refractivity contribution is 6.22. The molecule has 7 nitrogen and oxygen atoms in total. The number of rotatable bonds is 2.